The number of rotatable bonds is 3. The number of hydrogen-bond donors (Lipinski definition) is 3. The van der Waals surface area contributed by atoms with Gasteiger partial charge >= 0.3 is 0 Å². The van der Waals surface area contributed by atoms with Crippen molar-refractivity contribution >= 4 is 33.0 Å². The molecule has 0 amide bonds. The first-order valence-corrected chi connectivity index (χ1v) is 6.95. The third-order valence-corrected chi connectivity index (χ3v) is 2.97. The summed E-state index contributed by atoms with van der Waals surface area (Å²) >= 11 is 5.05. The molecule has 94 valence electrons. The zero-order chi connectivity index (χ0) is 13.1. The van der Waals surface area contributed by atoms with Gasteiger partial charge in [-0.15, -0.1) is 0 Å². The SMILES string of the molecule is CC(C)NC(=S)Nc1cccc(S(N)(=O)=O)c1. The van der Waals surface area contributed by atoms with Gasteiger partial charge in [-0.2, -0.15) is 0 Å². The van der Waals surface area contributed by atoms with Crippen LogP contribution in [0.3, 0.4) is 0 Å². The van der Waals surface area contributed by atoms with Gasteiger partial charge in [0.25, 0.3) is 0 Å². The molecule has 17 heavy (non-hydrogen) atoms. The second-order valence-corrected chi connectivity index (χ2v) is 5.80. The van der Waals surface area contributed by atoms with E-state index in [-0.39, 0.29) is 10.9 Å². The monoisotopic (exact) mass is 273 g/mol. The molecule has 1 aromatic carbocycles. The Labute approximate surface area is 106 Å². The molecule has 1 aromatic rings. The molecular formula is C10H15N3O2S2. The molecule has 1 rings (SSSR count). The number of nitrogens with one attached hydrogen (secondary N) is 2. The minimum atomic E-state index is -3.69. The average Bonchev–Trinajstić information content (AvgIpc) is 2.15. The Hall–Kier alpha value is -1.18. The van der Waals surface area contributed by atoms with E-state index in [1.54, 1.807) is 12.1 Å². The van der Waals surface area contributed by atoms with Crippen LogP contribution in [0.2, 0.25) is 0 Å². The number of hydrogen-bond acceptors (Lipinski definition) is 3. The van der Waals surface area contributed by atoms with E-state index in [4.69, 9.17) is 17.4 Å². The molecule has 0 aliphatic heterocycles. The van der Waals surface area contributed by atoms with E-state index in [9.17, 15) is 8.42 Å². The fourth-order valence-corrected chi connectivity index (χ4v) is 2.09. The molecule has 0 saturated carbocycles. The molecule has 0 aromatic heterocycles. The van der Waals surface area contributed by atoms with Crippen molar-refractivity contribution in [3.05, 3.63) is 24.3 Å². The summed E-state index contributed by atoms with van der Waals surface area (Å²) in [6, 6.07) is 6.38. The van der Waals surface area contributed by atoms with E-state index < -0.39 is 10.0 Å². The summed E-state index contributed by atoms with van der Waals surface area (Å²) < 4.78 is 22.3. The highest BCUT2D eigenvalue weighted by atomic mass is 32.2. The van der Waals surface area contributed by atoms with E-state index in [2.05, 4.69) is 10.6 Å². The molecule has 0 radical (unpaired) electrons. The summed E-state index contributed by atoms with van der Waals surface area (Å²) in [6.45, 7) is 3.91. The van der Waals surface area contributed by atoms with E-state index >= 15 is 0 Å². The Morgan fingerprint density at radius 2 is 2.06 bits per heavy atom. The quantitative estimate of drug-likeness (QED) is 0.716. The summed E-state index contributed by atoms with van der Waals surface area (Å²) in [4.78, 5) is 0.0508. The predicted octanol–water partition coefficient (Wildman–Crippen LogP) is 1.03. The van der Waals surface area contributed by atoms with Crippen molar-refractivity contribution in [2.45, 2.75) is 24.8 Å². The van der Waals surface area contributed by atoms with Crippen LogP contribution in [-0.2, 0) is 10.0 Å². The van der Waals surface area contributed by atoms with E-state index in [1.165, 1.54) is 12.1 Å². The number of nitrogens with two attached hydrogens (primary N) is 1. The summed E-state index contributed by atoms with van der Waals surface area (Å²) in [5.41, 5.74) is 0.578. The molecule has 0 atom stereocenters. The van der Waals surface area contributed by atoms with Gasteiger partial charge in [0.15, 0.2) is 5.11 Å². The molecule has 7 heteroatoms. The topological polar surface area (TPSA) is 84.2 Å². The smallest absolute Gasteiger partial charge is 0.238 e. The van der Waals surface area contributed by atoms with Crippen LogP contribution in [-0.4, -0.2) is 19.6 Å². The predicted molar refractivity (Wildman–Crippen MR) is 72.3 cm³/mol. The third-order valence-electron chi connectivity index (χ3n) is 1.84. The van der Waals surface area contributed by atoms with Crippen molar-refractivity contribution in [2.75, 3.05) is 5.32 Å². The highest BCUT2D eigenvalue weighted by Crippen LogP contribution is 2.13. The second-order valence-electron chi connectivity index (χ2n) is 3.83. The van der Waals surface area contributed by atoms with Crippen LogP contribution < -0.4 is 15.8 Å². The van der Waals surface area contributed by atoms with Crippen molar-refractivity contribution in [3.63, 3.8) is 0 Å². The lowest BCUT2D eigenvalue weighted by Gasteiger charge is -2.13. The molecule has 0 unspecified atom stereocenters. The maximum absolute atomic E-state index is 11.2. The third kappa shape index (κ3) is 4.68. The maximum atomic E-state index is 11.2. The van der Waals surface area contributed by atoms with Gasteiger partial charge < -0.3 is 10.6 Å². The van der Waals surface area contributed by atoms with Crippen molar-refractivity contribution in [2.24, 2.45) is 5.14 Å². The molecule has 0 fully saturated rings. The minimum absolute atomic E-state index is 0.0508. The lowest BCUT2D eigenvalue weighted by atomic mass is 10.3. The number of anilines is 1. The van der Waals surface area contributed by atoms with Crippen LogP contribution in [0, 0.1) is 0 Å². The van der Waals surface area contributed by atoms with E-state index in [0.717, 1.165) is 0 Å². The zero-order valence-corrected chi connectivity index (χ0v) is 11.2. The van der Waals surface area contributed by atoms with E-state index in [1.807, 2.05) is 13.8 Å². The summed E-state index contributed by atoms with van der Waals surface area (Å²) in [7, 11) is -3.69. The van der Waals surface area contributed by atoms with Gasteiger partial charge in [0.1, 0.15) is 0 Å². The normalized spacial score (nSPS) is 11.3. The number of sulfonamides is 1. The first-order valence-electron chi connectivity index (χ1n) is 4.99. The molecule has 0 bridgehead atoms. The Morgan fingerprint density at radius 3 is 2.59 bits per heavy atom. The zero-order valence-electron chi connectivity index (χ0n) is 9.60. The van der Waals surface area contributed by atoms with Crippen molar-refractivity contribution < 1.29 is 8.42 Å². The second kappa shape index (κ2) is 5.44. The first-order chi connectivity index (χ1) is 7.79. The van der Waals surface area contributed by atoms with Gasteiger partial charge in [-0.1, -0.05) is 6.07 Å². The maximum Gasteiger partial charge on any atom is 0.238 e. The molecule has 0 aliphatic rings. The van der Waals surface area contributed by atoms with Gasteiger partial charge in [-0.3, -0.25) is 0 Å². The molecule has 5 nitrogen and oxygen atoms in total. The lowest BCUT2D eigenvalue weighted by molar-refractivity contribution is 0.598. The molecule has 0 aliphatic carbocycles. The fourth-order valence-electron chi connectivity index (χ4n) is 1.18. The molecule has 0 spiro atoms. The molecule has 0 saturated heterocycles. The largest absolute Gasteiger partial charge is 0.360 e. The Balaban J connectivity index is 2.83. The van der Waals surface area contributed by atoms with Gasteiger partial charge in [-0.05, 0) is 44.3 Å². The molecule has 0 heterocycles. The van der Waals surface area contributed by atoms with Crippen molar-refractivity contribution in [1.29, 1.82) is 0 Å². The Bertz CT molecular complexity index is 512. The Kier molecular flexibility index (Phi) is 4.44. The van der Waals surface area contributed by atoms with E-state index in [0.29, 0.717) is 10.8 Å². The number of primary sulfonamides is 1. The average molecular weight is 273 g/mol. The van der Waals surface area contributed by atoms with Crippen molar-refractivity contribution in [1.82, 2.24) is 5.32 Å². The highest BCUT2D eigenvalue weighted by molar-refractivity contribution is 7.89. The van der Waals surface area contributed by atoms with Gasteiger partial charge in [0.2, 0.25) is 10.0 Å². The van der Waals surface area contributed by atoms with Gasteiger partial charge in [-0.25, -0.2) is 13.6 Å². The highest BCUT2D eigenvalue weighted by Gasteiger charge is 2.08. The fraction of sp³-hybridized carbons (Fsp3) is 0.300. The summed E-state index contributed by atoms with van der Waals surface area (Å²) in [5, 5.41) is 11.3. The van der Waals surface area contributed by atoms with Crippen LogP contribution in [0.1, 0.15) is 13.8 Å². The van der Waals surface area contributed by atoms with Gasteiger partial charge in [0, 0.05) is 11.7 Å². The van der Waals surface area contributed by atoms with Crippen LogP contribution in [0.25, 0.3) is 0 Å². The van der Waals surface area contributed by atoms with Crippen LogP contribution in [0.5, 0.6) is 0 Å². The Morgan fingerprint density at radius 1 is 1.41 bits per heavy atom. The van der Waals surface area contributed by atoms with Crippen LogP contribution in [0.15, 0.2) is 29.2 Å². The first kappa shape index (κ1) is 13.9. The lowest BCUT2D eigenvalue weighted by Crippen LogP contribution is -2.33. The van der Waals surface area contributed by atoms with Crippen LogP contribution >= 0.6 is 12.2 Å². The summed E-state index contributed by atoms with van der Waals surface area (Å²) in [5.74, 6) is 0. The minimum Gasteiger partial charge on any atom is -0.360 e. The number of benzene rings is 1. The standard InChI is InChI=1S/C10H15N3O2S2/c1-7(2)12-10(16)13-8-4-3-5-9(6-8)17(11,14)15/h3-7H,1-2H3,(H2,11,14,15)(H2,12,13,16). The number of thiocarbonyl (C=S) groups is 1. The summed E-state index contributed by atoms with van der Waals surface area (Å²) in [6.07, 6.45) is 0. The van der Waals surface area contributed by atoms with Crippen LogP contribution in [0.4, 0.5) is 5.69 Å². The molecular weight excluding hydrogens is 258 g/mol. The van der Waals surface area contributed by atoms with Crippen molar-refractivity contribution in [3.8, 4) is 0 Å². The van der Waals surface area contributed by atoms with Gasteiger partial charge in [0.05, 0.1) is 4.90 Å². The molecule has 4 N–H and O–H groups in total.